The first kappa shape index (κ1) is 13.3. The van der Waals surface area contributed by atoms with Gasteiger partial charge in [-0.05, 0) is 38.5 Å². The Morgan fingerprint density at radius 3 is 2.58 bits per heavy atom. The van der Waals surface area contributed by atoms with Gasteiger partial charge < -0.3 is 10.6 Å². The number of aryl methyl sites for hydroxylation is 2. The van der Waals surface area contributed by atoms with E-state index in [1.807, 2.05) is 13.8 Å². The first-order valence-corrected chi connectivity index (χ1v) is 6.21. The van der Waals surface area contributed by atoms with Gasteiger partial charge in [0.2, 0.25) is 0 Å². The summed E-state index contributed by atoms with van der Waals surface area (Å²) in [7, 11) is 0. The summed E-state index contributed by atoms with van der Waals surface area (Å²) in [6.07, 6.45) is 0. The molecule has 0 saturated carbocycles. The quantitative estimate of drug-likeness (QED) is 0.884. The van der Waals surface area contributed by atoms with Crippen LogP contribution >= 0.6 is 0 Å². The zero-order chi connectivity index (χ0) is 13.8. The second-order valence-electron chi connectivity index (χ2n) is 4.32. The van der Waals surface area contributed by atoms with E-state index in [1.165, 1.54) is 6.07 Å². The lowest BCUT2D eigenvalue weighted by atomic mass is 10.2. The predicted molar refractivity (Wildman–Crippen MR) is 75.4 cm³/mol. The van der Waals surface area contributed by atoms with Crippen molar-refractivity contribution in [1.29, 1.82) is 0 Å². The third kappa shape index (κ3) is 3.40. The molecule has 1 aromatic carbocycles. The molecule has 1 heterocycles. The first-order valence-electron chi connectivity index (χ1n) is 6.21. The lowest BCUT2D eigenvalue weighted by molar-refractivity contribution is 0.631. The van der Waals surface area contributed by atoms with Gasteiger partial charge in [-0.1, -0.05) is 6.07 Å². The van der Waals surface area contributed by atoms with Crippen LogP contribution in [-0.2, 0) is 0 Å². The number of nitrogens with one attached hydrogen (secondary N) is 2. The molecule has 0 fully saturated rings. The van der Waals surface area contributed by atoms with Gasteiger partial charge in [0, 0.05) is 12.6 Å². The van der Waals surface area contributed by atoms with Crippen LogP contribution in [0.4, 0.5) is 21.7 Å². The highest BCUT2D eigenvalue weighted by Gasteiger charge is 2.06. The maximum absolute atomic E-state index is 13.7. The molecular weight excluding hydrogens is 243 g/mol. The van der Waals surface area contributed by atoms with Crippen LogP contribution in [0.2, 0.25) is 0 Å². The lowest BCUT2D eigenvalue weighted by Gasteiger charge is -2.10. The number of aromatic nitrogens is 2. The summed E-state index contributed by atoms with van der Waals surface area (Å²) in [5, 5.41) is 6.10. The minimum Gasteiger partial charge on any atom is -0.370 e. The Kier molecular flexibility index (Phi) is 3.94. The Morgan fingerprint density at radius 1 is 1.11 bits per heavy atom. The maximum Gasteiger partial charge on any atom is 0.146 e. The number of hydrogen-bond donors (Lipinski definition) is 2. The molecule has 100 valence electrons. The summed E-state index contributed by atoms with van der Waals surface area (Å²) < 4.78 is 13.7. The van der Waals surface area contributed by atoms with Crippen molar-refractivity contribution in [1.82, 2.24) is 9.97 Å². The van der Waals surface area contributed by atoms with Crippen molar-refractivity contribution >= 4 is 17.3 Å². The van der Waals surface area contributed by atoms with Crippen LogP contribution in [0.5, 0.6) is 0 Å². The molecule has 4 nitrogen and oxygen atoms in total. The zero-order valence-electron chi connectivity index (χ0n) is 11.3. The van der Waals surface area contributed by atoms with Gasteiger partial charge in [0.05, 0.1) is 5.69 Å². The molecule has 2 N–H and O–H groups in total. The Labute approximate surface area is 112 Å². The second-order valence-corrected chi connectivity index (χ2v) is 4.32. The molecule has 0 atom stereocenters. The van der Waals surface area contributed by atoms with Crippen LogP contribution in [0.1, 0.15) is 18.3 Å². The minimum atomic E-state index is -0.299. The molecular formula is C14H17FN4. The molecule has 2 aromatic rings. The summed E-state index contributed by atoms with van der Waals surface area (Å²) in [6, 6.07) is 6.69. The van der Waals surface area contributed by atoms with E-state index in [2.05, 4.69) is 20.6 Å². The highest BCUT2D eigenvalue weighted by atomic mass is 19.1. The van der Waals surface area contributed by atoms with Gasteiger partial charge in [-0.25, -0.2) is 14.4 Å². The van der Waals surface area contributed by atoms with Crippen LogP contribution in [0.25, 0.3) is 0 Å². The molecule has 0 aliphatic heterocycles. The molecule has 0 aliphatic carbocycles. The number of halogens is 1. The van der Waals surface area contributed by atoms with Gasteiger partial charge in [-0.2, -0.15) is 0 Å². The van der Waals surface area contributed by atoms with Gasteiger partial charge in [0.1, 0.15) is 23.3 Å². The van der Waals surface area contributed by atoms with Crippen molar-refractivity contribution in [2.24, 2.45) is 0 Å². The highest BCUT2D eigenvalue weighted by molar-refractivity contribution is 5.60. The van der Waals surface area contributed by atoms with E-state index in [0.717, 1.165) is 17.9 Å². The smallest absolute Gasteiger partial charge is 0.146 e. The van der Waals surface area contributed by atoms with Gasteiger partial charge in [0.25, 0.3) is 0 Å². The normalized spacial score (nSPS) is 10.3. The molecule has 0 bridgehead atoms. The summed E-state index contributed by atoms with van der Waals surface area (Å²) in [5.41, 5.74) is 1.40. The fourth-order valence-electron chi connectivity index (χ4n) is 1.78. The fourth-order valence-corrected chi connectivity index (χ4v) is 1.78. The number of hydrogen-bond acceptors (Lipinski definition) is 4. The summed E-state index contributed by atoms with van der Waals surface area (Å²) in [6.45, 7) is 6.48. The third-order valence-electron chi connectivity index (χ3n) is 2.58. The van der Waals surface area contributed by atoms with Crippen LogP contribution in [0.15, 0.2) is 24.3 Å². The zero-order valence-corrected chi connectivity index (χ0v) is 11.3. The Bertz CT molecular complexity index is 584. The van der Waals surface area contributed by atoms with Crippen molar-refractivity contribution in [3.05, 3.63) is 41.5 Å². The third-order valence-corrected chi connectivity index (χ3v) is 2.58. The van der Waals surface area contributed by atoms with E-state index >= 15 is 0 Å². The molecule has 0 aliphatic rings. The van der Waals surface area contributed by atoms with E-state index in [1.54, 1.807) is 25.1 Å². The number of nitrogens with zero attached hydrogens (tertiary/aromatic N) is 2. The van der Waals surface area contributed by atoms with Gasteiger partial charge in [-0.3, -0.25) is 0 Å². The first-order chi connectivity index (χ1) is 9.08. The molecule has 19 heavy (non-hydrogen) atoms. The summed E-state index contributed by atoms with van der Waals surface area (Å²) in [4.78, 5) is 8.50. The van der Waals surface area contributed by atoms with E-state index in [0.29, 0.717) is 17.3 Å². The number of anilines is 3. The molecule has 2 rings (SSSR count). The SMILES string of the molecule is CCNc1cc(Nc2cc(C)ccc2F)nc(C)n1. The van der Waals surface area contributed by atoms with Crippen molar-refractivity contribution < 1.29 is 4.39 Å². The van der Waals surface area contributed by atoms with Crippen LogP contribution in [0, 0.1) is 19.7 Å². The Hall–Kier alpha value is -2.17. The number of rotatable bonds is 4. The van der Waals surface area contributed by atoms with Gasteiger partial charge >= 0.3 is 0 Å². The predicted octanol–water partition coefficient (Wildman–Crippen LogP) is 3.41. The van der Waals surface area contributed by atoms with Crippen LogP contribution < -0.4 is 10.6 Å². The van der Waals surface area contributed by atoms with Crippen molar-refractivity contribution in [2.75, 3.05) is 17.2 Å². The van der Waals surface area contributed by atoms with Crippen LogP contribution in [0.3, 0.4) is 0 Å². The van der Waals surface area contributed by atoms with E-state index in [-0.39, 0.29) is 5.82 Å². The topological polar surface area (TPSA) is 49.8 Å². The van der Waals surface area contributed by atoms with Crippen molar-refractivity contribution in [3.8, 4) is 0 Å². The van der Waals surface area contributed by atoms with E-state index in [4.69, 9.17) is 0 Å². The average Bonchev–Trinajstić information content (AvgIpc) is 2.33. The molecule has 5 heteroatoms. The molecule has 0 spiro atoms. The van der Waals surface area contributed by atoms with E-state index < -0.39 is 0 Å². The number of benzene rings is 1. The van der Waals surface area contributed by atoms with Crippen molar-refractivity contribution in [3.63, 3.8) is 0 Å². The molecule has 0 radical (unpaired) electrons. The lowest BCUT2D eigenvalue weighted by Crippen LogP contribution is -2.04. The van der Waals surface area contributed by atoms with Crippen LogP contribution in [-0.4, -0.2) is 16.5 Å². The van der Waals surface area contributed by atoms with Gasteiger partial charge in [0.15, 0.2) is 0 Å². The minimum absolute atomic E-state index is 0.299. The monoisotopic (exact) mass is 260 g/mol. The fraction of sp³-hybridized carbons (Fsp3) is 0.286. The summed E-state index contributed by atoms with van der Waals surface area (Å²) >= 11 is 0. The molecule has 1 aromatic heterocycles. The average molecular weight is 260 g/mol. The van der Waals surface area contributed by atoms with E-state index in [9.17, 15) is 4.39 Å². The van der Waals surface area contributed by atoms with Gasteiger partial charge in [-0.15, -0.1) is 0 Å². The summed E-state index contributed by atoms with van der Waals surface area (Å²) in [5.74, 6) is 1.64. The molecule has 0 saturated heterocycles. The largest absolute Gasteiger partial charge is 0.370 e. The van der Waals surface area contributed by atoms with Crippen molar-refractivity contribution in [2.45, 2.75) is 20.8 Å². The second kappa shape index (κ2) is 5.65. The Morgan fingerprint density at radius 2 is 1.84 bits per heavy atom. The standard InChI is InChI=1S/C14H17FN4/c1-4-16-13-8-14(18-10(3)17-13)19-12-7-9(2)5-6-11(12)15/h5-8H,4H2,1-3H3,(H2,16,17,18,19). The maximum atomic E-state index is 13.7. The Balaban J connectivity index is 2.29. The highest BCUT2D eigenvalue weighted by Crippen LogP contribution is 2.21. The molecule has 0 unspecified atom stereocenters. The molecule has 0 amide bonds.